The fourth-order valence-electron chi connectivity index (χ4n) is 4.63. The Bertz CT molecular complexity index is 1040. The molecule has 2 atom stereocenters. The third kappa shape index (κ3) is 4.02. The van der Waals surface area contributed by atoms with E-state index in [0.717, 1.165) is 16.8 Å². The quantitative estimate of drug-likeness (QED) is 0.760. The fourth-order valence-corrected chi connectivity index (χ4v) is 4.63. The molecular weight excluding hydrogens is 394 g/mol. The molecule has 1 aliphatic carbocycles. The summed E-state index contributed by atoms with van der Waals surface area (Å²) in [5, 5.41) is 2.97. The maximum atomic E-state index is 13.3. The molecule has 2 unspecified atom stereocenters. The minimum absolute atomic E-state index is 0.0347. The second-order valence-electron chi connectivity index (χ2n) is 7.81. The lowest BCUT2D eigenvalue weighted by Gasteiger charge is -2.35. The van der Waals surface area contributed by atoms with Crippen LogP contribution in [0.1, 0.15) is 49.1 Å². The minimum Gasteiger partial charge on any atom is -0.496 e. The van der Waals surface area contributed by atoms with E-state index in [1.54, 1.807) is 14.2 Å². The predicted octanol–water partition coefficient (Wildman–Crippen LogP) is 4.11. The first kappa shape index (κ1) is 21.0. The summed E-state index contributed by atoms with van der Waals surface area (Å²) in [5.74, 6) is 1.68. The van der Waals surface area contributed by atoms with E-state index in [0.29, 0.717) is 42.3 Å². The molecule has 0 fully saturated rings. The van der Waals surface area contributed by atoms with Crippen molar-refractivity contribution in [1.82, 2.24) is 5.32 Å². The highest BCUT2D eigenvalue weighted by atomic mass is 16.5. The Kier molecular flexibility index (Phi) is 5.98. The number of Topliss-reactive ketones (excluding diaryl/α,β-unsaturated/α-hetero) is 1. The molecule has 1 N–H and O–H groups in total. The molecule has 0 saturated heterocycles. The molecule has 6 heteroatoms. The van der Waals surface area contributed by atoms with Crippen molar-refractivity contribution >= 4 is 11.7 Å². The zero-order chi connectivity index (χ0) is 22.0. The van der Waals surface area contributed by atoms with E-state index < -0.39 is 0 Å². The molecular formula is C25H27NO5. The highest BCUT2D eigenvalue weighted by molar-refractivity contribution is 6.02. The summed E-state index contributed by atoms with van der Waals surface area (Å²) >= 11 is 0. The van der Waals surface area contributed by atoms with Crippen molar-refractivity contribution in [1.29, 1.82) is 0 Å². The summed E-state index contributed by atoms with van der Waals surface area (Å²) in [6.45, 7) is 2.47. The summed E-state index contributed by atoms with van der Waals surface area (Å²) in [6, 6.07) is 13.4. The van der Waals surface area contributed by atoms with Gasteiger partial charge in [-0.1, -0.05) is 24.3 Å². The molecule has 2 aromatic rings. The normalized spacial score (nSPS) is 20.7. The van der Waals surface area contributed by atoms with Crippen molar-refractivity contribution in [3.63, 3.8) is 0 Å². The average molecular weight is 421 g/mol. The monoisotopic (exact) mass is 421 g/mol. The third-order valence-corrected chi connectivity index (χ3v) is 6.01. The van der Waals surface area contributed by atoms with Gasteiger partial charge in [-0.2, -0.15) is 0 Å². The van der Waals surface area contributed by atoms with Crippen molar-refractivity contribution in [2.75, 3.05) is 20.8 Å². The van der Waals surface area contributed by atoms with Gasteiger partial charge in [-0.05, 0) is 43.0 Å². The van der Waals surface area contributed by atoms with Crippen LogP contribution in [0.2, 0.25) is 0 Å². The van der Waals surface area contributed by atoms with Crippen LogP contribution in [-0.4, -0.2) is 32.5 Å². The summed E-state index contributed by atoms with van der Waals surface area (Å²) < 4.78 is 16.6. The number of hydrogen-bond donors (Lipinski definition) is 1. The van der Waals surface area contributed by atoms with Gasteiger partial charge in [0.2, 0.25) is 5.91 Å². The maximum Gasteiger partial charge on any atom is 0.225 e. The van der Waals surface area contributed by atoms with Gasteiger partial charge in [-0.3, -0.25) is 9.59 Å². The largest absolute Gasteiger partial charge is 0.496 e. The molecule has 0 radical (unpaired) electrons. The van der Waals surface area contributed by atoms with Crippen LogP contribution in [-0.2, 0) is 9.59 Å². The summed E-state index contributed by atoms with van der Waals surface area (Å²) in [4.78, 5) is 25.9. The van der Waals surface area contributed by atoms with E-state index >= 15 is 0 Å². The molecule has 1 aliphatic heterocycles. The van der Waals surface area contributed by atoms with Gasteiger partial charge >= 0.3 is 0 Å². The Morgan fingerprint density at radius 3 is 2.45 bits per heavy atom. The van der Waals surface area contributed by atoms with E-state index in [1.807, 2.05) is 49.4 Å². The number of amides is 1. The number of rotatable bonds is 6. The smallest absolute Gasteiger partial charge is 0.225 e. The number of carbonyl (C=O) groups excluding carboxylic acids is 2. The Hall–Kier alpha value is -3.28. The Morgan fingerprint density at radius 2 is 1.71 bits per heavy atom. The fraction of sp³-hybridized carbons (Fsp3) is 0.360. The third-order valence-electron chi connectivity index (χ3n) is 6.01. The number of ether oxygens (including phenoxy) is 3. The van der Waals surface area contributed by atoms with Gasteiger partial charge in [0.25, 0.3) is 0 Å². The molecule has 0 aromatic heterocycles. The first-order valence-corrected chi connectivity index (χ1v) is 10.5. The number of hydrogen-bond acceptors (Lipinski definition) is 5. The molecule has 0 spiro atoms. The van der Waals surface area contributed by atoms with Gasteiger partial charge in [0.15, 0.2) is 17.3 Å². The average Bonchev–Trinajstić information content (AvgIpc) is 2.78. The summed E-state index contributed by atoms with van der Waals surface area (Å²) in [5.41, 5.74) is 3.30. The number of para-hydroxylation sites is 1. The van der Waals surface area contributed by atoms with E-state index in [9.17, 15) is 9.59 Å². The second kappa shape index (κ2) is 8.84. The van der Waals surface area contributed by atoms with Crippen LogP contribution in [0.4, 0.5) is 0 Å². The van der Waals surface area contributed by atoms with Crippen molar-refractivity contribution in [3.05, 3.63) is 64.9 Å². The van der Waals surface area contributed by atoms with Crippen molar-refractivity contribution in [2.24, 2.45) is 0 Å². The molecule has 4 rings (SSSR count). The standard InChI is InChI=1S/C25H27NO5/c1-4-31-22-10-9-15(13-23(22)30-3)16-11-19-25(20(27)12-16)18(14-24(28)26-19)17-7-5-6-8-21(17)29-2/h5-10,13,16,18H,4,11-12,14H2,1-3H3,(H,26,28). The van der Waals surface area contributed by atoms with Crippen LogP contribution in [0.25, 0.3) is 0 Å². The van der Waals surface area contributed by atoms with Gasteiger partial charge in [0, 0.05) is 35.6 Å². The first-order valence-electron chi connectivity index (χ1n) is 10.5. The van der Waals surface area contributed by atoms with Crippen molar-refractivity contribution in [2.45, 2.75) is 38.0 Å². The SMILES string of the molecule is CCOc1ccc(C2CC(=O)C3=C(C2)NC(=O)CC3c2ccccc2OC)cc1OC. The van der Waals surface area contributed by atoms with Crippen LogP contribution < -0.4 is 19.5 Å². The summed E-state index contributed by atoms with van der Waals surface area (Å²) in [7, 11) is 3.21. The Balaban J connectivity index is 1.69. The van der Waals surface area contributed by atoms with Crippen molar-refractivity contribution < 1.29 is 23.8 Å². The van der Waals surface area contributed by atoms with E-state index in [-0.39, 0.29) is 29.9 Å². The molecule has 1 heterocycles. The molecule has 0 saturated carbocycles. The van der Waals surface area contributed by atoms with Gasteiger partial charge in [0.05, 0.1) is 20.8 Å². The van der Waals surface area contributed by atoms with E-state index in [1.165, 1.54) is 0 Å². The minimum atomic E-state index is -0.289. The molecule has 1 amide bonds. The maximum absolute atomic E-state index is 13.3. The van der Waals surface area contributed by atoms with Crippen LogP contribution in [0, 0.1) is 0 Å². The lowest BCUT2D eigenvalue weighted by atomic mass is 9.73. The molecule has 2 aliphatic rings. The topological polar surface area (TPSA) is 73.9 Å². The van der Waals surface area contributed by atoms with Gasteiger partial charge in [0.1, 0.15) is 5.75 Å². The highest BCUT2D eigenvalue weighted by Crippen LogP contribution is 2.45. The van der Waals surface area contributed by atoms with E-state index in [4.69, 9.17) is 14.2 Å². The zero-order valence-corrected chi connectivity index (χ0v) is 18.1. The van der Waals surface area contributed by atoms with Gasteiger partial charge in [-0.25, -0.2) is 0 Å². The van der Waals surface area contributed by atoms with Crippen LogP contribution in [0.5, 0.6) is 17.2 Å². The van der Waals surface area contributed by atoms with Crippen molar-refractivity contribution in [3.8, 4) is 17.2 Å². The lowest BCUT2D eigenvalue weighted by molar-refractivity contribution is -0.122. The molecule has 162 valence electrons. The number of nitrogens with one attached hydrogen (secondary N) is 1. The number of allylic oxidation sites excluding steroid dienone is 2. The molecule has 2 aromatic carbocycles. The van der Waals surface area contributed by atoms with E-state index in [2.05, 4.69) is 5.32 Å². The second-order valence-corrected chi connectivity index (χ2v) is 7.81. The number of methoxy groups -OCH3 is 2. The van der Waals surface area contributed by atoms with Crippen LogP contribution >= 0.6 is 0 Å². The Morgan fingerprint density at radius 1 is 0.935 bits per heavy atom. The first-order chi connectivity index (χ1) is 15.0. The number of benzene rings is 2. The van der Waals surface area contributed by atoms with Crippen LogP contribution in [0.3, 0.4) is 0 Å². The zero-order valence-electron chi connectivity index (χ0n) is 18.1. The number of carbonyl (C=O) groups is 2. The highest BCUT2D eigenvalue weighted by Gasteiger charge is 2.39. The summed E-state index contributed by atoms with van der Waals surface area (Å²) in [6.07, 6.45) is 1.22. The Labute approximate surface area is 182 Å². The number of ketones is 1. The van der Waals surface area contributed by atoms with Gasteiger partial charge in [-0.15, -0.1) is 0 Å². The molecule has 0 bridgehead atoms. The van der Waals surface area contributed by atoms with Crippen LogP contribution in [0.15, 0.2) is 53.7 Å². The molecule has 31 heavy (non-hydrogen) atoms. The lowest BCUT2D eigenvalue weighted by Crippen LogP contribution is -2.38. The van der Waals surface area contributed by atoms with Gasteiger partial charge < -0.3 is 19.5 Å². The predicted molar refractivity (Wildman–Crippen MR) is 117 cm³/mol. The molecule has 6 nitrogen and oxygen atoms in total.